The fourth-order valence-corrected chi connectivity index (χ4v) is 4.72. The number of nitrogens with zero attached hydrogens (tertiary/aromatic N) is 3. The molecular formula is C24H27ClF3N3O. The van der Waals surface area contributed by atoms with Crippen molar-refractivity contribution < 1.29 is 17.9 Å². The van der Waals surface area contributed by atoms with Gasteiger partial charge in [-0.05, 0) is 48.9 Å². The zero-order chi connectivity index (χ0) is 22.9. The molecule has 32 heavy (non-hydrogen) atoms. The first kappa shape index (κ1) is 22.8. The molecule has 0 bridgehead atoms. The molecule has 2 atom stereocenters. The number of benzene rings is 2. The lowest BCUT2D eigenvalue weighted by Gasteiger charge is -2.34. The van der Waals surface area contributed by atoms with E-state index in [4.69, 9.17) is 16.3 Å². The van der Waals surface area contributed by atoms with E-state index >= 15 is 0 Å². The number of alkyl halides is 3. The fourth-order valence-electron chi connectivity index (χ4n) is 4.54. The van der Waals surface area contributed by atoms with Crippen molar-refractivity contribution in [2.45, 2.75) is 51.4 Å². The van der Waals surface area contributed by atoms with E-state index in [1.165, 1.54) is 5.01 Å². The summed E-state index contributed by atoms with van der Waals surface area (Å²) in [4.78, 5) is 2.30. The molecule has 0 N–H and O–H groups in total. The van der Waals surface area contributed by atoms with Crippen LogP contribution in [0.25, 0.3) is 0 Å². The number of piperidine rings is 1. The van der Waals surface area contributed by atoms with Crippen LogP contribution in [0, 0.1) is 5.92 Å². The minimum absolute atomic E-state index is 0.0985. The molecule has 0 radical (unpaired) electrons. The second kappa shape index (κ2) is 9.22. The summed E-state index contributed by atoms with van der Waals surface area (Å²) in [5, 5.41) is 6.15. The molecular weight excluding hydrogens is 439 g/mol. The topological polar surface area (TPSA) is 28.1 Å². The molecule has 2 aromatic carbocycles. The van der Waals surface area contributed by atoms with Gasteiger partial charge in [-0.25, -0.2) is 0 Å². The van der Waals surface area contributed by atoms with Gasteiger partial charge >= 0.3 is 6.18 Å². The Morgan fingerprint density at radius 2 is 1.75 bits per heavy atom. The van der Waals surface area contributed by atoms with Crippen molar-refractivity contribution in [3.8, 4) is 5.75 Å². The average Bonchev–Trinajstić information content (AvgIpc) is 3.11. The van der Waals surface area contributed by atoms with Crippen molar-refractivity contribution in [2.24, 2.45) is 11.0 Å². The van der Waals surface area contributed by atoms with Crippen molar-refractivity contribution in [2.75, 3.05) is 23.0 Å². The molecule has 8 heteroatoms. The van der Waals surface area contributed by atoms with Gasteiger partial charge in [0, 0.05) is 42.6 Å². The van der Waals surface area contributed by atoms with Crippen LogP contribution >= 0.6 is 11.6 Å². The lowest BCUT2D eigenvalue weighted by molar-refractivity contribution is -0.0620. The van der Waals surface area contributed by atoms with Crippen LogP contribution in [0.4, 0.5) is 24.5 Å². The predicted molar refractivity (Wildman–Crippen MR) is 123 cm³/mol. The van der Waals surface area contributed by atoms with Gasteiger partial charge in [-0.3, -0.25) is 5.01 Å². The number of hydrogen-bond acceptors (Lipinski definition) is 4. The second-order valence-electron chi connectivity index (χ2n) is 8.37. The van der Waals surface area contributed by atoms with Crippen molar-refractivity contribution in [1.82, 2.24) is 0 Å². The molecule has 1 fully saturated rings. The highest BCUT2D eigenvalue weighted by molar-refractivity contribution is 6.30. The number of hydrogen-bond donors (Lipinski definition) is 0. The zero-order valence-electron chi connectivity index (χ0n) is 18.1. The van der Waals surface area contributed by atoms with Gasteiger partial charge in [0.15, 0.2) is 0 Å². The molecule has 2 heterocycles. The molecule has 2 aliphatic heterocycles. The van der Waals surface area contributed by atoms with Gasteiger partial charge in [-0.2, -0.15) is 18.3 Å². The van der Waals surface area contributed by atoms with Gasteiger partial charge in [0.2, 0.25) is 0 Å². The number of hydrazone groups is 1. The van der Waals surface area contributed by atoms with Gasteiger partial charge in [0.05, 0.1) is 11.7 Å². The molecule has 4 nitrogen and oxygen atoms in total. The molecule has 1 saturated heterocycles. The van der Waals surface area contributed by atoms with Crippen LogP contribution in [0.1, 0.15) is 33.1 Å². The minimum Gasteiger partial charge on any atom is -0.490 e. The molecule has 0 aromatic heterocycles. The smallest absolute Gasteiger partial charge is 0.431 e. The van der Waals surface area contributed by atoms with E-state index in [2.05, 4.69) is 16.1 Å². The number of rotatable bonds is 5. The quantitative estimate of drug-likeness (QED) is 0.501. The number of halogens is 4. The lowest BCUT2D eigenvalue weighted by atomic mass is 9.95. The van der Waals surface area contributed by atoms with Crippen LogP contribution in [0.5, 0.6) is 5.75 Å². The van der Waals surface area contributed by atoms with Gasteiger partial charge in [0.1, 0.15) is 17.6 Å². The predicted octanol–water partition coefficient (Wildman–Crippen LogP) is 6.54. The Bertz CT molecular complexity index is 956. The molecule has 0 spiro atoms. The maximum absolute atomic E-state index is 13.3. The van der Waals surface area contributed by atoms with Gasteiger partial charge in [0.25, 0.3) is 0 Å². The monoisotopic (exact) mass is 465 g/mol. The minimum atomic E-state index is -4.41. The van der Waals surface area contributed by atoms with Crippen LogP contribution < -0.4 is 14.6 Å². The third-order valence-electron chi connectivity index (χ3n) is 6.27. The Balaban J connectivity index is 1.38. The third kappa shape index (κ3) is 4.82. The molecule has 0 aliphatic carbocycles. The summed E-state index contributed by atoms with van der Waals surface area (Å²) in [6, 6.07) is 14.7. The van der Waals surface area contributed by atoms with Crippen molar-refractivity contribution in [3.63, 3.8) is 0 Å². The number of anilines is 2. The highest BCUT2D eigenvalue weighted by Gasteiger charge is 2.47. The highest BCUT2D eigenvalue weighted by Crippen LogP contribution is 2.36. The van der Waals surface area contributed by atoms with E-state index < -0.39 is 17.8 Å². The lowest BCUT2D eigenvalue weighted by Crippen LogP contribution is -2.38. The summed E-state index contributed by atoms with van der Waals surface area (Å²) < 4.78 is 46.1. The van der Waals surface area contributed by atoms with Crippen LogP contribution in [0.15, 0.2) is 53.6 Å². The van der Waals surface area contributed by atoms with Crippen LogP contribution in [0.3, 0.4) is 0 Å². The van der Waals surface area contributed by atoms with E-state index in [9.17, 15) is 13.2 Å². The summed E-state index contributed by atoms with van der Waals surface area (Å²) in [5.74, 6) is 0.0517. The van der Waals surface area contributed by atoms with E-state index in [1.807, 2.05) is 37.3 Å². The standard InChI is InChI=1S/C24H27ClF3N3O/c1-3-22-16(2)23(24(26,27)28)29-31(22)18-7-9-20(10-8-18)32-21-11-13-30(14-12-21)19-6-4-5-17(25)15-19/h4-10,15-16,21-22H,3,11-14H2,1-2H3/t16?,22-/m0/s1. The summed E-state index contributed by atoms with van der Waals surface area (Å²) >= 11 is 6.10. The van der Waals surface area contributed by atoms with E-state index in [-0.39, 0.29) is 12.1 Å². The molecule has 172 valence electrons. The third-order valence-corrected chi connectivity index (χ3v) is 6.50. The van der Waals surface area contributed by atoms with Gasteiger partial charge in [-0.1, -0.05) is 31.5 Å². The summed E-state index contributed by atoms with van der Waals surface area (Å²) in [6.45, 7) is 5.23. The Morgan fingerprint density at radius 3 is 2.34 bits per heavy atom. The molecule has 0 saturated carbocycles. The van der Waals surface area contributed by atoms with Crippen LogP contribution in [-0.2, 0) is 0 Å². The van der Waals surface area contributed by atoms with Gasteiger partial charge < -0.3 is 9.64 Å². The normalized spacial score (nSPS) is 22.2. The molecule has 1 unspecified atom stereocenters. The fraction of sp³-hybridized carbons (Fsp3) is 0.458. The highest BCUT2D eigenvalue weighted by atomic mass is 35.5. The second-order valence-corrected chi connectivity index (χ2v) is 8.81. The SMILES string of the molecule is CC[C@H]1C(C)C(C(F)(F)F)=NN1c1ccc(OC2CCN(c3cccc(Cl)c3)CC2)cc1. The van der Waals surface area contributed by atoms with E-state index in [0.29, 0.717) is 12.1 Å². The van der Waals surface area contributed by atoms with Crippen LogP contribution in [-0.4, -0.2) is 37.1 Å². The zero-order valence-corrected chi connectivity index (χ0v) is 18.9. The van der Waals surface area contributed by atoms with Crippen molar-refractivity contribution >= 4 is 28.7 Å². The maximum atomic E-state index is 13.3. The Morgan fingerprint density at radius 1 is 1.06 bits per heavy atom. The first-order valence-electron chi connectivity index (χ1n) is 11.0. The van der Waals surface area contributed by atoms with Crippen LogP contribution in [0.2, 0.25) is 5.02 Å². The summed E-state index contributed by atoms with van der Waals surface area (Å²) in [5.41, 5.74) is 1.05. The maximum Gasteiger partial charge on any atom is 0.431 e. The van der Waals surface area contributed by atoms with E-state index in [0.717, 1.165) is 42.4 Å². The van der Waals surface area contributed by atoms with Gasteiger partial charge in [-0.15, -0.1) is 0 Å². The van der Waals surface area contributed by atoms with Crippen molar-refractivity contribution in [3.05, 3.63) is 53.6 Å². The molecule has 2 aromatic rings. The van der Waals surface area contributed by atoms with Crippen molar-refractivity contribution in [1.29, 1.82) is 0 Å². The summed E-state index contributed by atoms with van der Waals surface area (Å²) in [6.07, 6.45) is -1.97. The van der Waals surface area contributed by atoms with E-state index in [1.54, 1.807) is 19.1 Å². The molecule has 2 aliphatic rings. The Hall–Kier alpha value is -2.41. The average molecular weight is 466 g/mol. The molecule has 4 rings (SSSR count). The first-order valence-corrected chi connectivity index (χ1v) is 11.4. The molecule has 0 amide bonds. The largest absolute Gasteiger partial charge is 0.490 e. The summed E-state index contributed by atoms with van der Waals surface area (Å²) in [7, 11) is 0. The Labute approximate surface area is 191 Å². The Kier molecular flexibility index (Phi) is 6.56. The first-order chi connectivity index (χ1) is 15.3. The number of ether oxygens (including phenoxy) is 1.